The minimum Gasteiger partial charge on any atom is -0.486 e. The average molecular weight is 541 g/mol. The molecule has 7 heteroatoms. The van der Waals surface area contributed by atoms with Gasteiger partial charge in [-0.3, -0.25) is 9.59 Å². The first-order chi connectivity index (χ1) is 19.3. The highest BCUT2D eigenvalue weighted by Gasteiger charge is 2.32. The number of benzene rings is 3. The SMILES string of the molecule is Cc1cccc(NC(=O)c2ccc(COc3ccc4c(c3)C(c3ccc(F)cc3)N(C(=O)CC(C)C)CC4)o2)c1. The van der Waals surface area contributed by atoms with Gasteiger partial charge < -0.3 is 19.4 Å². The quantitative estimate of drug-likeness (QED) is 0.259. The van der Waals surface area contributed by atoms with Crippen LogP contribution < -0.4 is 10.1 Å². The molecule has 4 aromatic rings. The maximum atomic E-state index is 13.7. The van der Waals surface area contributed by atoms with Crippen LogP contribution >= 0.6 is 0 Å². The van der Waals surface area contributed by atoms with Gasteiger partial charge in [0.2, 0.25) is 5.91 Å². The molecule has 0 saturated carbocycles. The third kappa shape index (κ3) is 6.25. The molecule has 2 heterocycles. The predicted molar refractivity (Wildman–Crippen MR) is 152 cm³/mol. The number of furan rings is 1. The van der Waals surface area contributed by atoms with Crippen LogP contribution in [0, 0.1) is 18.7 Å². The van der Waals surface area contributed by atoms with E-state index in [2.05, 4.69) is 5.32 Å². The van der Waals surface area contributed by atoms with E-state index in [-0.39, 0.29) is 42.0 Å². The lowest BCUT2D eigenvalue weighted by Crippen LogP contribution is -2.41. The fourth-order valence-corrected chi connectivity index (χ4v) is 5.07. The minimum absolute atomic E-state index is 0.0772. The summed E-state index contributed by atoms with van der Waals surface area (Å²) in [7, 11) is 0. The molecule has 40 heavy (non-hydrogen) atoms. The Morgan fingerprint density at radius 2 is 1.85 bits per heavy atom. The summed E-state index contributed by atoms with van der Waals surface area (Å²) in [5, 5.41) is 2.84. The molecule has 1 aliphatic rings. The van der Waals surface area contributed by atoms with Gasteiger partial charge in [0, 0.05) is 18.7 Å². The fourth-order valence-electron chi connectivity index (χ4n) is 5.07. The number of amides is 2. The van der Waals surface area contributed by atoms with Crippen molar-refractivity contribution < 1.29 is 23.1 Å². The Kier molecular flexibility index (Phi) is 8.01. The Bertz CT molecular complexity index is 1510. The zero-order valence-electron chi connectivity index (χ0n) is 22.9. The number of anilines is 1. The lowest BCUT2D eigenvalue weighted by Gasteiger charge is -2.38. The number of nitrogens with zero attached hydrogens (tertiary/aromatic N) is 1. The van der Waals surface area contributed by atoms with Crippen LogP contribution in [0.3, 0.4) is 0 Å². The Hall–Kier alpha value is -4.39. The van der Waals surface area contributed by atoms with E-state index >= 15 is 0 Å². The van der Waals surface area contributed by atoms with Crippen molar-refractivity contribution in [3.05, 3.63) is 118 Å². The molecule has 1 unspecified atom stereocenters. The molecule has 0 bridgehead atoms. The van der Waals surface area contributed by atoms with Crippen LogP contribution in [0.5, 0.6) is 5.75 Å². The van der Waals surface area contributed by atoms with Crippen molar-refractivity contribution in [2.24, 2.45) is 5.92 Å². The van der Waals surface area contributed by atoms with Crippen molar-refractivity contribution in [1.82, 2.24) is 4.90 Å². The van der Waals surface area contributed by atoms with E-state index in [0.717, 1.165) is 28.7 Å². The Morgan fingerprint density at radius 1 is 1.05 bits per heavy atom. The van der Waals surface area contributed by atoms with Gasteiger partial charge >= 0.3 is 0 Å². The van der Waals surface area contributed by atoms with E-state index in [1.807, 2.05) is 68.1 Å². The van der Waals surface area contributed by atoms with Crippen molar-refractivity contribution in [3.63, 3.8) is 0 Å². The molecule has 3 aromatic carbocycles. The molecule has 0 radical (unpaired) electrons. The van der Waals surface area contributed by atoms with Crippen LogP contribution in [0.1, 0.15) is 64.9 Å². The second-order valence-electron chi connectivity index (χ2n) is 10.6. The van der Waals surface area contributed by atoms with E-state index in [9.17, 15) is 14.0 Å². The third-order valence-electron chi connectivity index (χ3n) is 6.98. The highest BCUT2D eigenvalue weighted by Crippen LogP contribution is 2.38. The van der Waals surface area contributed by atoms with E-state index in [1.54, 1.807) is 24.3 Å². The normalized spacial score (nSPS) is 14.6. The lowest BCUT2D eigenvalue weighted by atomic mass is 9.87. The second kappa shape index (κ2) is 11.8. The fraction of sp³-hybridized carbons (Fsp3) is 0.273. The lowest BCUT2D eigenvalue weighted by molar-refractivity contribution is -0.134. The van der Waals surface area contributed by atoms with Crippen molar-refractivity contribution in [2.75, 3.05) is 11.9 Å². The first-order valence-corrected chi connectivity index (χ1v) is 13.5. The van der Waals surface area contributed by atoms with Crippen LogP contribution in [0.2, 0.25) is 0 Å². The van der Waals surface area contributed by atoms with Crippen molar-refractivity contribution in [3.8, 4) is 5.75 Å². The number of hydrogen-bond donors (Lipinski definition) is 1. The molecular weight excluding hydrogens is 507 g/mol. The summed E-state index contributed by atoms with van der Waals surface area (Å²) in [4.78, 5) is 27.7. The van der Waals surface area contributed by atoms with Gasteiger partial charge in [-0.25, -0.2) is 4.39 Å². The molecule has 0 spiro atoms. The van der Waals surface area contributed by atoms with Gasteiger partial charge in [0.05, 0.1) is 6.04 Å². The molecule has 206 valence electrons. The van der Waals surface area contributed by atoms with E-state index < -0.39 is 0 Å². The van der Waals surface area contributed by atoms with Crippen molar-refractivity contribution in [1.29, 1.82) is 0 Å². The molecule has 6 nitrogen and oxygen atoms in total. The van der Waals surface area contributed by atoms with Gasteiger partial charge in [-0.05, 0) is 90.0 Å². The number of hydrogen-bond acceptors (Lipinski definition) is 4. The summed E-state index contributed by atoms with van der Waals surface area (Å²) in [6.07, 6.45) is 1.18. The smallest absolute Gasteiger partial charge is 0.291 e. The molecule has 2 amide bonds. The van der Waals surface area contributed by atoms with Gasteiger partial charge in [0.25, 0.3) is 5.91 Å². The summed E-state index contributed by atoms with van der Waals surface area (Å²) in [5.41, 5.74) is 4.69. The number of ether oxygens (including phenoxy) is 1. The predicted octanol–water partition coefficient (Wildman–Crippen LogP) is 7.08. The summed E-state index contributed by atoms with van der Waals surface area (Å²) in [5.74, 6) is 0.979. The van der Waals surface area contributed by atoms with Gasteiger partial charge in [-0.15, -0.1) is 0 Å². The first kappa shape index (κ1) is 27.2. The van der Waals surface area contributed by atoms with Crippen LogP contribution in [0.15, 0.2) is 83.3 Å². The summed E-state index contributed by atoms with van der Waals surface area (Å²) in [6, 6.07) is 22.8. The molecular formula is C33H33FN2O4. The monoisotopic (exact) mass is 540 g/mol. The van der Waals surface area contributed by atoms with Crippen molar-refractivity contribution >= 4 is 17.5 Å². The maximum absolute atomic E-state index is 13.7. The number of fused-ring (bicyclic) bond motifs is 1. The number of rotatable bonds is 8. The average Bonchev–Trinajstić information content (AvgIpc) is 3.41. The molecule has 1 atom stereocenters. The largest absolute Gasteiger partial charge is 0.486 e. The van der Waals surface area contributed by atoms with Crippen LogP contribution in [0.4, 0.5) is 10.1 Å². The topological polar surface area (TPSA) is 71.8 Å². The molecule has 1 aliphatic heterocycles. The maximum Gasteiger partial charge on any atom is 0.291 e. The molecule has 0 aliphatic carbocycles. The third-order valence-corrected chi connectivity index (χ3v) is 6.98. The summed E-state index contributed by atoms with van der Waals surface area (Å²) in [6.45, 7) is 6.75. The standard InChI is InChI=1S/C33H33FN2O4/c1-21(2)17-31(37)36-16-15-23-9-12-27(19-29(23)32(36)24-7-10-25(34)11-8-24)39-20-28-13-14-30(40-28)33(38)35-26-6-4-5-22(3)18-26/h4-14,18-19,21,32H,15-17,20H2,1-3H3,(H,35,38). The van der Waals surface area contributed by atoms with Gasteiger partial charge in [0.1, 0.15) is 23.9 Å². The molecule has 1 aromatic heterocycles. The van der Waals surface area contributed by atoms with E-state index in [4.69, 9.17) is 9.15 Å². The van der Waals surface area contributed by atoms with Crippen molar-refractivity contribution in [2.45, 2.75) is 46.3 Å². The van der Waals surface area contributed by atoms with Gasteiger partial charge in [-0.1, -0.05) is 44.2 Å². The molecule has 0 fully saturated rings. The molecule has 0 saturated heterocycles. The highest BCUT2D eigenvalue weighted by atomic mass is 19.1. The van der Waals surface area contributed by atoms with Gasteiger partial charge in [0.15, 0.2) is 5.76 Å². The number of aryl methyl sites for hydroxylation is 1. The number of carbonyl (C=O) groups is 2. The van der Waals surface area contributed by atoms with Crippen LogP contribution in [0.25, 0.3) is 0 Å². The summed E-state index contributed by atoms with van der Waals surface area (Å²) >= 11 is 0. The second-order valence-corrected chi connectivity index (χ2v) is 10.6. The zero-order valence-corrected chi connectivity index (χ0v) is 22.9. The zero-order chi connectivity index (χ0) is 28.2. The highest BCUT2D eigenvalue weighted by molar-refractivity contribution is 6.02. The van der Waals surface area contributed by atoms with E-state index in [1.165, 1.54) is 12.1 Å². The molecule has 1 N–H and O–H groups in total. The van der Waals surface area contributed by atoms with Crippen LogP contribution in [-0.2, 0) is 17.8 Å². The Labute approximate surface area is 233 Å². The van der Waals surface area contributed by atoms with Crippen LogP contribution in [-0.4, -0.2) is 23.3 Å². The summed E-state index contributed by atoms with van der Waals surface area (Å²) < 4.78 is 25.5. The Morgan fingerprint density at radius 3 is 2.60 bits per heavy atom. The number of halogens is 1. The van der Waals surface area contributed by atoms with E-state index in [0.29, 0.717) is 30.2 Å². The number of nitrogens with one attached hydrogen (secondary N) is 1. The number of carbonyl (C=O) groups excluding carboxylic acids is 2. The Balaban J connectivity index is 1.33. The first-order valence-electron chi connectivity index (χ1n) is 13.5. The molecule has 5 rings (SSSR count). The minimum atomic E-state index is -0.334. The van der Waals surface area contributed by atoms with Gasteiger partial charge in [-0.2, -0.15) is 0 Å².